The van der Waals surface area contributed by atoms with Crippen LogP contribution < -0.4 is 0 Å². The molecule has 30 heavy (non-hydrogen) atoms. The fourth-order valence-corrected chi connectivity index (χ4v) is 9.05. The van der Waals surface area contributed by atoms with Crippen LogP contribution in [0.15, 0.2) is 23.3 Å². The molecule has 1 heteroatoms. The highest BCUT2D eigenvalue weighted by Crippen LogP contribution is 2.67. The average Bonchev–Trinajstić information content (AvgIpc) is 3.06. The Bertz CT molecular complexity index is 686. The van der Waals surface area contributed by atoms with Gasteiger partial charge in [-0.25, -0.2) is 0 Å². The van der Waals surface area contributed by atoms with Gasteiger partial charge < -0.3 is 5.11 Å². The van der Waals surface area contributed by atoms with Crippen LogP contribution in [0.3, 0.4) is 0 Å². The molecular formula is C29H48O. The Morgan fingerprint density at radius 1 is 1.07 bits per heavy atom. The van der Waals surface area contributed by atoms with Gasteiger partial charge in [0.2, 0.25) is 0 Å². The lowest BCUT2D eigenvalue weighted by Crippen LogP contribution is -2.51. The van der Waals surface area contributed by atoms with Gasteiger partial charge in [-0.1, -0.05) is 57.9 Å². The van der Waals surface area contributed by atoms with Gasteiger partial charge in [0, 0.05) is 0 Å². The molecule has 0 amide bonds. The Kier molecular flexibility index (Phi) is 6.35. The van der Waals surface area contributed by atoms with Crippen LogP contribution in [0.4, 0.5) is 0 Å². The van der Waals surface area contributed by atoms with Crippen LogP contribution in [0.5, 0.6) is 0 Å². The van der Waals surface area contributed by atoms with E-state index in [-0.39, 0.29) is 6.10 Å². The Balaban J connectivity index is 1.48. The molecule has 3 saturated carbocycles. The summed E-state index contributed by atoms with van der Waals surface area (Å²) in [6.07, 6.45) is 17.8. The van der Waals surface area contributed by atoms with Crippen LogP contribution in [0.2, 0.25) is 0 Å². The molecule has 0 aromatic heterocycles. The molecule has 0 bridgehead atoms. The molecule has 0 aromatic carbocycles. The molecule has 170 valence electrons. The van der Waals surface area contributed by atoms with E-state index in [1.54, 1.807) is 11.1 Å². The predicted molar refractivity (Wildman–Crippen MR) is 128 cm³/mol. The molecule has 0 saturated heterocycles. The molecule has 0 radical (unpaired) electrons. The molecule has 0 aromatic rings. The van der Waals surface area contributed by atoms with Gasteiger partial charge in [-0.2, -0.15) is 0 Å². The van der Waals surface area contributed by atoms with Crippen molar-refractivity contribution in [3.05, 3.63) is 23.3 Å². The number of rotatable bonds is 5. The van der Waals surface area contributed by atoms with Gasteiger partial charge in [-0.3, -0.25) is 0 Å². The summed E-state index contributed by atoms with van der Waals surface area (Å²) in [5.41, 5.74) is 4.22. The Labute approximate surface area is 186 Å². The van der Waals surface area contributed by atoms with Gasteiger partial charge >= 0.3 is 0 Å². The maximum Gasteiger partial charge on any atom is 0.0724 e. The van der Waals surface area contributed by atoms with Crippen LogP contribution >= 0.6 is 0 Å². The van der Waals surface area contributed by atoms with E-state index < -0.39 is 0 Å². The highest BCUT2D eigenvalue weighted by Gasteiger charge is 2.59. The van der Waals surface area contributed by atoms with Crippen molar-refractivity contribution in [3.8, 4) is 0 Å². The molecule has 8 atom stereocenters. The Morgan fingerprint density at radius 3 is 2.53 bits per heavy atom. The minimum atomic E-state index is -0.178. The zero-order chi connectivity index (χ0) is 21.7. The Hall–Kier alpha value is -0.560. The van der Waals surface area contributed by atoms with Crippen LogP contribution in [-0.2, 0) is 0 Å². The maximum absolute atomic E-state index is 10.2. The predicted octanol–water partition coefficient (Wildman–Crippen LogP) is 7.94. The molecule has 1 nitrogen and oxygen atoms in total. The topological polar surface area (TPSA) is 20.2 Å². The van der Waals surface area contributed by atoms with Crippen molar-refractivity contribution in [2.24, 2.45) is 46.3 Å². The van der Waals surface area contributed by atoms with Crippen molar-refractivity contribution in [1.82, 2.24) is 0 Å². The fourth-order valence-electron chi connectivity index (χ4n) is 9.05. The zero-order valence-electron chi connectivity index (χ0n) is 20.7. The van der Waals surface area contributed by atoms with Gasteiger partial charge in [-0.15, -0.1) is 0 Å². The minimum absolute atomic E-state index is 0.178. The first-order valence-electron chi connectivity index (χ1n) is 13.2. The van der Waals surface area contributed by atoms with E-state index in [4.69, 9.17) is 0 Å². The molecule has 0 unspecified atom stereocenters. The first-order chi connectivity index (χ1) is 14.2. The zero-order valence-corrected chi connectivity index (χ0v) is 20.7. The van der Waals surface area contributed by atoms with E-state index in [0.717, 1.165) is 36.0 Å². The maximum atomic E-state index is 10.2. The number of aliphatic hydroxyl groups excluding tert-OH is 1. The summed E-state index contributed by atoms with van der Waals surface area (Å²) in [4.78, 5) is 0. The lowest BCUT2D eigenvalue weighted by molar-refractivity contribution is -0.0625. The average molecular weight is 413 g/mol. The number of hydrogen-bond donors (Lipinski definition) is 1. The van der Waals surface area contributed by atoms with Crippen LogP contribution in [0.25, 0.3) is 0 Å². The summed E-state index contributed by atoms with van der Waals surface area (Å²) < 4.78 is 0. The third-order valence-electron chi connectivity index (χ3n) is 10.9. The molecular weight excluding hydrogens is 364 g/mol. The molecule has 4 aliphatic carbocycles. The Morgan fingerprint density at radius 2 is 1.83 bits per heavy atom. The van der Waals surface area contributed by atoms with Crippen molar-refractivity contribution >= 4 is 0 Å². The summed E-state index contributed by atoms with van der Waals surface area (Å²) in [5, 5.41) is 10.2. The fraction of sp³-hybridized carbons (Fsp3) is 0.862. The smallest absolute Gasteiger partial charge is 0.0724 e. The van der Waals surface area contributed by atoms with Crippen molar-refractivity contribution in [2.45, 2.75) is 112 Å². The van der Waals surface area contributed by atoms with Gasteiger partial charge in [0.15, 0.2) is 0 Å². The third-order valence-corrected chi connectivity index (χ3v) is 10.9. The summed E-state index contributed by atoms with van der Waals surface area (Å²) in [7, 11) is 0. The van der Waals surface area contributed by atoms with E-state index in [9.17, 15) is 5.11 Å². The van der Waals surface area contributed by atoms with E-state index in [1.165, 1.54) is 57.8 Å². The standard InChI is InChI=1S/C29H48O/c1-7-21(19(2)3)9-8-20(4)25-12-13-26-24-11-10-22-18-23(30)14-16-28(22,5)27(24)15-17-29(25,26)6/h7,18-20,23-27,30H,8-17H2,1-6H3/t20-,23+,24+,25-,26+,27+,28+,29-/m1/s1. The van der Waals surface area contributed by atoms with Gasteiger partial charge in [0.05, 0.1) is 6.10 Å². The largest absolute Gasteiger partial charge is 0.389 e. The van der Waals surface area contributed by atoms with Crippen LogP contribution in [-0.4, -0.2) is 11.2 Å². The van der Waals surface area contributed by atoms with Crippen molar-refractivity contribution in [1.29, 1.82) is 0 Å². The lowest BCUT2D eigenvalue weighted by Gasteiger charge is -2.59. The van der Waals surface area contributed by atoms with Crippen molar-refractivity contribution in [2.75, 3.05) is 0 Å². The lowest BCUT2D eigenvalue weighted by atomic mass is 9.46. The van der Waals surface area contributed by atoms with Crippen LogP contribution in [0.1, 0.15) is 106 Å². The highest BCUT2D eigenvalue weighted by atomic mass is 16.3. The number of hydrogen-bond acceptors (Lipinski definition) is 1. The number of fused-ring (bicyclic) bond motifs is 5. The second kappa shape index (κ2) is 8.42. The quantitative estimate of drug-likeness (QED) is 0.454. The summed E-state index contributed by atoms with van der Waals surface area (Å²) in [6.45, 7) is 14.8. The van der Waals surface area contributed by atoms with Gasteiger partial charge in [-0.05, 0) is 117 Å². The molecule has 0 heterocycles. The normalized spacial score (nSPS) is 44.9. The summed E-state index contributed by atoms with van der Waals surface area (Å²) >= 11 is 0. The molecule has 4 rings (SSSR count). The number of aliphatic hydroxyl groups is 1. The van der Waals surface area contributed by atoms with Crippen molar-refractivity contribution < 1.29 is 5.11 Å². The summed E-state index contributed by atoms with van der Waals surface area (Å²) in [6, 6.07) is 0. The molecule has 3 fully saturated rings. The van der Waals surface area contributed by atoms with Gasteiger partial charge in [0.1, 0.15) is 0 Å². The molecule has 1 N–H and O–H groups in total. The van der Waals surface area contributed by atoms with Crippen LogP contribution in [0, 0.1) is 46.3 Å². The van der Waals surface area contributed by atoms with E-state index in [0.29, 0.717) is 16.7 Å². The first-order valence-corrected chi connectivity index (χ1v) is 13.2. The number of allylic oxidation sites excluding steroid dienone is 3. The van der Waals surface area contributed by atoms with E-state index >= 15 is 0 Å². The SMILES string of the molecule is CC=C(CC[C@@H](C)[C@H]1CC[C@H]2[C@@H]3CCC4=C[C@@H](O)CC[C@]4(C)[C@H]3CC[C@]12C)C(C)C. The van der Waals surface area contributed by atoms with Crippen molar-refractivity contribution in [3.63, 3.8) is 0 Å². The third kappa shape index (κ3) is 3.66. The van der Waals surface area contributed by atoms with E-state index in [2.05, 4.69) is 53.7 Å². The second-order valence-corrected chi connectivity index (χ2v) is 12.4. The minimum Gasteiger partial charge on any atom is -0.389 e. The first kappa shape index (κ1) is 22.6. The molecule has 0 aliphatic heterocycles. The summed E-state index contributed by atoms with van der Waals surface area (Å²) in [5.74, 6) is 5.22. The van der Waals surface area contributed by atoms with Gasteiger partial charge in [0.25, 0.3) is 0 Å². The van der Waals surface area contributed by atoms with E-state index in [1.807, 2.05) is 0 Å². The highest BCUT2D eigenvalue weighted by molar-refractivity contribution is 5.25. The monoisotopic (exact) mass is 412 g/mol. The molecule has 4 aliphatic rings. The second-order valence-electron chi connectivity index (χ2n) is 12.4. The molecule has 0 spiro atoms.